The lowest BCUT2D eigenvalue weighted by Crippen LogP contribution is -2.17. The number of benzene rings is 1. The van der Waals surface area contributed by atoms with Crippen molar-refractivity contribution in [2.75, 3.05) is 0 Å². The predicted octanol–water partition coefficient (Wildman–Crippen LogP) is 3.85. The van der Waals surface area contributed by atoms with Gasteiger partial charge >= 0.3 is 5.97 Å². The second kappa shape index (κ2) is 6.10. The van der Waals surface area contributed by atoms with E-state index in [4.69, 9.17) is 4.74 Å². The molecule has 1 fully saturated rings. The molecule has 2 rings (SSSR count). The van der Waals surface area contributed by atoms with Crippen LogP contribution in [-0.4, -0.2) is 12.1 Å². The summed E-state index contributed by atoms with van der Waals surface area (Å²) in [5.41, 5.74) is 0.570. The fourth-order valence-electron chi connectivity index (χ4n) is 2.22. The first-order valence-corrected chi connectivity index (χ1v) is 6.71. The summed E-state index contributed by atoms with van der Waals surface area (Å²) in [6.07, 6.45) is 6.95. The Morgan fingerprint density at radius 3 is 2.41 bits per heavy atom. The number of ether oxygens (including phenoxy) is 1. The van der Waals surface area contributed by atoms with Gasteiger partial charge in [-0.05, 0) is 37.8 Å². The minimum Gasteiger partial charge on any atom is -0.459 e. The van der Waals surface area contributed by atoms with E-state index in [0.29, 0.717) is 10.5 Å². The lowest BCUT2D eigenvalue weighted by Gasteiger charge is -2.15. The molecule has 2 nitrogen and oxygen atoms in total. The number of carbonyl (C=O) groups excluding carboxylic acids is 1. The van der Waals surface area contributed by atoms with Crippen molar-refractivity contribution in [2.24, 2.45) is 0 Å². The number of hydrogen-bond acceptors (Lipinski definition) is 3. The molecule has 0 spiro atoms. The molecule has 1 aromatic carbocycles. The number of hydrogen-bond donors (Lipinski definition) is 1. The van der Waals surface area contributed by atoms with Crippen molar-refractivity contribution in [3.8, 4) is 0 Å². The van der Waals surface area contributed by atoms with Gasteiger partial charge in [-0.2, -0.15) is 0 Å². The molecule has 0 radical (unpaired) electrons. The molecule has 0 atom stereocenters. The topological polar surface area (TPSA) is 26.3 Å². The molecule has 1 aromatic rings. The maximum absolute atomic E-state index is 12.0. The third-order valence-corrected chi connectivity index (χ3v) is 3.59. The summed E-state index contributed by atoms with van der Waals surface area (Å²) >= 11 is 4.28. The summed E-state index contributed by atoms with van der Waals surface area (Å²) in [6, 6.07) is 7.28. The van der Waals surface area contributed by atoms with Crippen molar-refractivity contribution < 1.29 is 9.53 Å². The van der Waals surface area contributed by atoms with Crippen LogP contribution in [0.25, 0.3) is 0 Å². The Morgan fingerprint density at radius 1 is 1.12 bits per heavy atom. The predicted molar refractivity (Wildman–Crippen MR) is 70.6 cm³/mol. The highest BCUT2D eigenvalue weighted by atomic mass is 32.1. The zero-order valence-corrected chi connectivity index (χ0v) is 10.8. The van der Waals surface area contributed by atoms with E-state index in [9.17, 15) is 4.79 Å². The molecule has 0 aliphatic heterocycles. The van der Waals surface area contributed by atoms with Crippen LogP contribution in [0.15, 0.2) is 29.2 Å². The molecule has 0 saturated heterocycles. The minimum atomic E-state index is -0.234. The molecule has 1 aliphatic carbocycles. The van der Waals surface area contributed by atoms with E-state index in [1.54, 1.807) is 6.07 Å². The van der Waals surface area contributed by atoms with Crippen molar-refractivity contribution in [1.29, 1.82) is 0 Å². The first-order chi connectivity index (χ1) is 8.27. The fourth-order valence-corrected chi connectivity index (χ4v) is 2.47. The lowest BCUT2D eigenvalue weighted by molar-refractivity contribution is 0.0263. The van der Waals surface area contributed by atoms with Crippen LogP contribution in [0.3, 0.4) is 0 Å². The Bertz CT molecular complexity index is 382. The first-order valence-electron chi connectivity index (χ1n) is 6.26. The Balaban J connectivity index is 1.98. The van der Waals surface area contributed by atoms with Gasteiger partial charge in [-0.25, -0.2) is 4.79 Å². The van der Waals surface area contributed by atoms with E-state index in [0.717, 1.165) is 12.8 Å². The van der Waals surface area contributed by atoms with E-state index >= 15 is 0 Å². The van der Waals surface area contributed by atoms with E-state index in [-0.39, 0.29) is 12.1 Å². The van der Waals surface area contributed by atoms with Gasteiger partial charge in [0.2, 0.25) is 0 Å². The molecule has 3 heteroatoms. The molecule has 0 N–H and O–H groups in total. The standard InChI is InChI=1S/C14H18O2S/c15-14(12-9-5-6-10-13(12)17)16-11-7-3-1-2-4-8-11/h5-6,9-11,17H,1-4,7-8H2. The Labute approximate surface area is 108 Å². The van der Waals surface area contributed by atoms with Crippen LogP contribution in [0.4, 0.5) is 0 Å². The number of rotatable bonds is 2. The van der Waals surface area contributed by atoms with Crippen LogP contribution in [0.5, 0.6) is 0 Å². The molecule has 0 amide bonds. The van der Waals surface area contributed by atoms with Crippen molar-refractivity contribution in [2.45, 2.75) is 49.5 Å². The lowest BCUT2D eigenvalue weighted by atomic mass is 10.1. The molecular weight excluding hydrogens is 232 g/mol. The largest absolute Gasteiger partial charge is 0.459 e. The second-order valence-corrected chi connectivity index (χ2v) is 5.02. The molecule has 0 aromatic heterocycles. The van der Waals surface area contributed by atoms with E-state index in [1.807, 2.05) is 18.2 Å². The van der Waals surface area contributed by atoms with Crippen LogP contribution in [0.1, 0.15) is 48.9 Å². The zero-order chi connectivity index (χ0) is 12.1. The van der Waals surface area contributed by atoms with Gasteiger partial charge in [-0.3, -0.25) is 0 Å². The van der Waals surface area contributed by atoms with E-state index < -0.39 is 0 Å². The summed E-state index contributed by atoms with van der Waals surface area (Å²) < 4.78 is 5.55. The highest BCUT2D eigenvalue weighted by Gasteiger charge is 2.18. The third-order valence-electron chi connectivity index (χ3n) is 3.20. The van der Waals surface area contributed by atoms with Gasteiger partial charge in [0.05, 0.1) is 5.56 Å². The first kappa shape index (κ1) is 12.5. The van der Waals surface area contributed by atoms with Gasteiger partial charge in [0.25, 0.3) is 0 Å². The molecular formula is C14H18O2S. The van der Waals surface area contributed by atoms with Crippen LogP contribution < -0.4 is 0 Å². The maximum Gasteiger partial charge on any atom is 0.339 e. The zero-order valence-electron chi connectivity index (χ0n) is 9.89. The highest BCUT2D eigenvalue weighted by molar-refractivity contribution is 7.80. The van der Waals surface area contributed by atoms with Crippen LogP contribution in [0, 0.1) is 0 Å². The van der Waals surface area contributed by atoms with Crippen molar-refractivity contribution >= 4 is 18.6 Å². The molecule has 0 bridgehead atoms. The molecule has 1 saturated carbocycles. The van der Waals surface area contributed by atoms with Gasteiger partial charge in [0.1, 0.15) is 6.10 Å². The van der Waals surface area contributed by atoms with Crippen molar-refractivity contribution in [1.82, 2.24) is 0 Å². The SMILES string of the molecule is O=C(OC1CCCCCC1)c1ccccc1S. The van der Waals surface area contributed by atoms with Gasteiger partial charge in [-0.15, -0.1) is 12.6 Å². The second-order valence-electron chi connectivity index (χ2n) is 4.54. The monoisotopic (exact) mass is 250 g/mol. The molecule has 17 heavy (non-hydrogen) atoms. The quantitative estimate of drug-likeness (QED) is 0.490. The Hall–Kier alpha value is -0.960. The van der Waals surface area contributed by atoms with Crippen LogP contribution >= 0.6 is 12.6 Å². The summed E-state index contributed by atoms with van der Waals surface area (Å²) in [5, 5.41) is 0. The van der Waals surface area contributed by atoms with Crippen molar-refractivity contribution in [3.63, 3.8) is 0 Å². The fraction of sp³-hybridized carbons (Fsp3) is 0.500. The smallest absolute Gasteiger partial charge is 0.339 e. The summed E-state index contributed by atoms with van der Waals surface area (Å²) in [4.78, 5) is 12.7. The summed E-state index contributed by atoms with van der Waals surface area (Å²) in [7, 11) is 0. The van der Waals surface area contributed by atoms with Gasteiger partial charge in [0.15, 0.2) is 0 Å². The maximum atomic E-state index is 12.0. The summed E-state index contributed by atoms with van der Waals surface area (Å²) in [5.74, 6) is -0.234. The molecule has 0 unspecified atom stereocenters. The molecule has 92 valence electrons. The van der Waals surface area contributed by atoms with Gasteiger partial charge in [-0.1, -0.05) is 25.0 Å². The normalized spacial score (nSPS) is 17.5. The minimum absolute atomic E-state index is 0.0953. The molecule has 1 aliphatic rings. The Morgan fingerprint density at radius 2 is 1.76 bits per heavy atom. The van der Waals surface area contributed by atoms with Crippen molar-refractivity contribution in [3.05, 3.63) is 29.8 Å². The third kappa shape index (κ3) is 3.50. The van der Waals surface area contributed by atoms with Gasteiger partial charge < -0.3 is 4.74 Å². The average molecular weight is 250 g/mol. The van der Waals surface area contributed by atoms with Crippen LogP contribution in [-0.2, 0) is 4.74 Å². The van der Waals surface area contributed by atoms with Crippen LogP contribution in [0.2, 0.25) is 0 Å². The van der Waals surface area contributed by atoms with E-state index in [1.165, 1.54) is 25.7 Å². The number of carbonyl (C=O) groups is 1. The molecule has 0 heterocycles. The Kier molecular flexibility index (Phi) is 4.49. The summed E-state index contributed by atoms with van der Waals surface area (Å²) in [6.45, 7) is 0. The van der Waals surface area contributed by atoms with Gasteiger partial charge in [0, 0.05) is 4.90 Å². The number of thiol groups is 1. The highest BCUT2D eigenvalue weighted by Crippen LogP contribution is 2.22. The van der Waals surface area contributed by atoms with E-state index in [2.05, 4.69) is 12.6 Å². The average Bonchev–Trinajstić information content (AvgIpc) is 2.58. The number of esters is 1.